The Balaban J connectivity index is 2.13. The Morgan fingerprint density at radius 3 is 2.20 bits per heavy atom. The monoisotopic (exact) mass is 284 g/mol. The molecule has 1 aliphatic carbocycles. The van der Waals surface area contributed by atoms with Crippen LogP contribution in [0.15, 0.2) is 0 Å². The molecule has 20 heavy (non-hydrogen) atoms. The summed E-state index contributed by atoms with van der Waals surface area (Å²) in [6, 6.07) is 0. The summed E-state index contributed by atoms with van der Waals surface area (Å²) in [5.41, 5.74) is 4.06. The van der Waals surface area contributed by atoms with Gasteiger partial charge in [-0.05, 0) is 12.8 Å². The molecule has 1 heterocycles. The second-order valence-corrected chi connectivity index (χ2v) is 6.00. The number of carboxylic acids is 1. The lowest BCUT2D eigenvalue weighted by atomic mass is 9.72. The molecule has 0 bridgehead atoms. The van der Waals surface area contributed by atoms with Crippen molar-refractivity contribution >= 4 is 11.9 Å². The number of amides is 1. The topological polar surface area (TPSA) is 102 Å². The van der Waals surface area contributed by atoms with E-state index in [1.54, 1.807) is 0 Å². The number of hydrogen-bond acceptors (Lipinski definition) is 4. The summed E-state index contributed by atoms with van der Waals surface area (Å²) in [5.74, 6) is -1.17. The highest BCUT2D eigenvalue weighted by atomic mass is 16.5. The number of carboxylic acid groups (broad SMARTS) is 1. The van der Waals surface area contributed by atoms with Crippen LogP contribution in [-0.2, 0) is 14.3 Å². The van der Waals surface area contributed by atoms with Crippen LogP contribution in [0.5, 0.6) is 0 Å². The van der Waals surface area contributed by atoms with E-state index in [9.17, 15) is 14.7 Å². The minimum Gasteiger partial charge on any atom is -0.480 e. The van der Waals surface area contributed by atoms with Crippen molar-refractivity contribution in [2.24, 2.45) is 11.1 Å². The molecule has 2 aliphatic rings. The van der Waals surface area contributed by atoms with Gasteiger partial charge in [-0.1, -0.05) is 19.3 Å². The number of carbonyl (C=O) groups excluding carboxylic acids is 1. The third-order valence-corrected chi connectivity index (χ3v) is 4.79. The van der Waals surface area contributed by atoms with Crippen LogP contribution in [-0.4, -0.2) is 42.3 Å². The first-order valence-corrected chi connectivity index (χ1v) is 7.39. The van der Waals surface area contributed by atoms with Crippen molar-refractivity contribution in [3.63, 3.8) is 0 Å². The summed E-state index contributed by atoms with van der Waals surface area (Å²) >= 11 is 0. The Kier molecular flexibility index (Phi) is 4.65. The first kappa shape index (κ1) is 15.3. The van der Waals surface area contributed by atoms with Crippen molar-refractivity contribution < 1.29 is 19.4 Å². The van der Waals surface area contributed by atoms with E-state index in [-0.39, 0.29) is 12.5 Å². The first-order valence-electron chi connectivity index (χ1n) is 7.39. The lowest BCUT2D eigenvalue weighted by Crippen LogP contribution is -2.61. The Morgan fingerprint density at radius 2 is 1.70 bits per heavy atom. The smallest absolute Gasteiger partial charge is 0.329 e. The molecule has 1 saturated carbocycles. The number of ether oxygens (including phenoxy) is 1. The van der Waals surface area contributed by atoms with E-state index in [0.717, 1.165) is 32.1 Å². The molecule has 0 aromatic rings. The van der Waals surface area contributed by atoms with E-state index in [1.165, 1.54) is 0 Å². The SMILES string of the molecule is NCC1(C(=O)NC2(C(=O)O)CCOCC2)CCCCC1. The lowest BCUT2D eigenvalue weighted by molar-refractivity contribution is -0.154. The molecule has 0 aromatic carbocycles. The van der Waals surface area contributed by atoms with Crippen LogP contribution in [0.3, 0.4) is 0 Å². The largest absolute Gasteiger partial charge is 0.480 e. The molecule has 1 amide bonds. The highest BCUT2D eigenvalue weighted by molar-refractivity contribution is 5.90. The molecule has 0 unspecified atom stereocenters. The van der Waals surface area contributed by atoms with Crippen molar-refractivity contribution in [1.82, 2.24) is 5.32 Å². The third kappa shape index (κ3) is 2.81. The van der Waals surface area contributed by atoms with Crippen molar-refractivity contribution in [1.29, 1.82) is 0 Å². The Morgan fingerprint density at radius 1 is 1.10 bits per heavy atom. The Hall–Kier alpha value is -1.14. The number of nitrogens with two attached hydrogens (primary N) is 1. The molecular formula is C14H24N2O4. The lowest BCUT2D eigenvalue weighted by Gasteiger charge is -2.40. The van der Waals surface area contributed by atoms with Gasteiger partial charge < -0.3 is 20.9 Å². The van der Waals surface area contributed by atoms with E-state index in [2.05, 4.69) is 5.32 Å². The molecule has 6 nitrogen and oxygen atoms in total. The van der Waals surface area contributed by atoms with Crippen LogP contribution < -0.4 is 11.1 Å². The average Bonchev–Trinajstić information content (AvgIpc) is 2.48. The summed E-state index contributed by atoms with van der Waals surface area (Å²) in [5, 5.41) is 12.3. The van der Waals surface area contributed by atoms with E-state index in [0.29, 0.717) is 26.1 Å². The summed E-state index contributed by atoms with van der Waals surface area (Å²) in [7, 11) is 0. The van der Waals surface area contributed by atoms with Crippen LogP contribution >= 0.6 is 0 Å². The average molecular weight is 284 g/mol. The molecular weight excluding hydrogens is 260 g/mol. The summed E-state index contributed by atoms with van der Waals surface area (Å²) in [4.78, 5) is 24.2. The van der Waals surface area contributed by atoms with Crippen LogP contribution in [0, 0.1) is 5.41 Å². The number of aliphatic carboxylic acids is 1. The highest BCUT2D eigenvalue weighted by Crippen LogP contribution is 2.36. The Labute approximate surface area is 119 Å². The van der Waals surface area contributed by atoms with E-state index in [1.807, 2.05) is 0 Å². The maximum absolute atomic E-state index is 12.6. The van der Waals surface area contributed by atoms with Gasteiger partial charge in [0.05, 0.1) is 5.41 Å². The quantitative estimate of drug-likeness (QED) is 0.703. The fraction of sp³-hybridized carbons (Fsp3) is 0.857. The van der Waals surface area contributed by atoms with E-state index < -0.39 is 16.9 Å². The number of rotatable bonds is 4. The van der Waals surface area contributed by atoms with Crippen molar-refractivity contribution in [2.75, 3.05) is 19.8 Å². The van der Waals surface area contributed by atoms with Crippen LogP contribution in [0.2, 0.25) is 0 Å². The zero-order chi connectivity index (χ0) is 14.6. The minimum atomic E-state index is -1.19. The predicted molar refractivity (Wildman–Crippen MR) is 73.1 cm³/mol. The maximum atomic E-state index is 12.6. The van der Waals surface area contributed by atoms with Gasteiger partial charge >= 0.3 is 5.97 Å². The standard InChI is InChI=1S/C14H24N2O4/c15-10-13(4-2-1-3-5-13)11(17)16-14(12(18)19)6-8-20-9-7-14/h1-10,15H2,(H,16,17)(H,18,19). The molecule has 0 spiro atoms. The van der Waals surface area contributed by atoms with Gasteiger partial charge in [0.1, 0.15) is 5.54 Å². The molecule has 2 fully saturated rings. The number of nitrogens with one attached hydrogen (secondary N) is 1. The van der Waals surface area contributed by atoms with E-state index in [4.69, 9.17) is 10.5 Å². The van der Waals surface area contributed by atoms with Gasteiger partial charge in [0, 0.05) is 32.6 Å². The van der Waals surface area contributed by atoms with Gasteiger partial charge in [-0.2, -0.15) is 0 Å². The fourth-order valence-corrected chi connectivity index (χ4v) is 3.21. The summed E-state index contributed by atoms with van der Waals surface area (Å²) in [6.07, 6.45) is 5.21. The second-order valence-electron chi connectivity index (χ2n) is 6.00. The molecule has 0 radical (unpaired) electrons. The molecule has 2 rings (SSSR count). The molecule has 0 atom stereocenters. The van der Waals surface area contributed by atoms with Crippen molar-refractivity contribution in [3.05, 3.63) is 0 Å². The first-order chi connectivity index (χ1) is 9.55. The van der Waals surface area contributed by atoms with Crippen molar-refractivity contribution in [2.45, 2.75) is 50.5 Å². The molecule has 4 N–H and O–H groups in total. The molecule has 1 saturated heterocycles. The fourth-order valence-electron chi connectivity index (χ4n) is 3.21. The van der Waals surface area contributed by atoms with Gasteiger partial charge in [0.15, 0.2) is 0 Å². The van der Waals surface area contributed by atoms with Gasteiger partial charge in [-0.3, -0.25) is 4.79 Å². The summed E-state index contributed by atoms with van der Waals surface area (Å²) in [6.45, 7) is 1.01. The predicted octanol–water partition coefficient (Wildman–Crippen LogP) is 0.646. The zero-order valence-electron chi connectivity index (χ0n) is 11.8. The van der Waals surface area contributed by atoms with Gasteiger partial charge in [-0.25, -0.2) is 4.79 Å². The molecule has 0 aromatic heterocycles. The van der Waals surface area contributed by atoms with Crippen molar-refractivity contribution in [3.8, 4) is 0 Å². The van der Waals surface area contributed by atoms with E-state index >= 15 is 0 Å². The number of hydrogen-bond donors (Lipinski definition) is 3. The maximum Gasteiger partial charge on any atom is 0.329 e. The second kappa shape index (κ2) is 6.10. The Bertz CT molecular complexity index is 371. The number of carbonyl (C=O) groups is 2. The van der Waals surface area contributed by atoms with Gasteiger partial charge in [-0.15, -0.1) is 0 Å². The molecule has 1 aliphatic heterocycles. The molecule has 114 valence electrons. The highest BCUT2D eigenvalue weighted by Gasteiger charge is 2.46. The van der Waals surface area contributed by atoms with Gasteiger partial charge in [0.25, 0.3) is 0 Å². The van der Waals surface area contributed by atoms with Gasteiger partial charge in [0.2, 0.25) is 5.91 Å². The third-order valence-electron chi connectivity index (χ3n) is 4.79. The van der Waals surface area contributed by atoms with Crippen LogP contribution in [0.4, 0.5) is 0 Å². The normalized spacial score (nSPS) is 24.9. The molecule has 6 heteroatoms. The van der Waals surface area contributed by atoms with Crippen LogP contribution in [0.1, 0.15) is 44.9 Å². The minimum absolute atomic E-state index is 0.191. The van der Waals surface area contributed by atoms with Crippen LogP contribution in [0.25, 0.3) is 0 Å². The zero-order valence-corrected chi connectivity index (χ0v) is 11.8. The summed E-state index contributed by atoms with van der Waals surface area (Å²) < 4.78 is 5.21.